The van der Waals surface area contributed by atoms with Crippen molar-refractivity contribution in [3.63, 3.8) is 0 Å². The van der Waals surface area contributed by atoms with E-state index in [1.54, 1.807) is 16.7 Å². The smallest absolute Gasteiger partial charge is 0.240 e. The predicted molar refractivity (Wildman–Crippen MR) is 71.8 cm³/mol. The van der Waals surface area contributed by atoms with E-state index in [9.17, 15) is 13.2 Å². The molecular weight excluding hydrogens is 274 g/mol. The molecule has 2 heterocycles. The predicted octanol–water partition coefficient (Wildman–Crippen LogP) is -0.811. The van der Waals surface area contributed by atoms with Gasteiger partial charge < -0.3 is 4.90 Å². The maximum absolute atomic E-state index is 12.2. The first kappa shape index (κ1) is 14.1. The molecule has 0 unspecified atom stereocenters. The minimum atomic E-state index is -3.20. The largest absolute Gasteiger partial charge is 0.340 e. The van der Waals surface area contributed by atoms with Gasteiger partial charge in [-0.05, 0) is 12.8 Å². The van der Waals surface area contributed by atoms with E-state index >= 15 is 0 Å². The van der Waals surface area contributed by atoms with Gasteiger partial charge in [-0.15, -0.1) is 11.8 Å². The van der Waals surface area contributed by atoms with Gasteiger partial charge in [-0.3, -0.25) is 10.1 Å². The van der Waals surface area contributed by atoms with Crippen LogP contribution < -0.4 is 10.0 Å². The van der Waals surface area contributed by atoms with Crippen LogP contribution in [0.25, 0.3) is 0 Å². The van der Waals surface area contributed by atoms with Crippen LogP contribution in [0.3, 0.4) is 0 Å². The van der Waals surface area contributed by atoms with Gasteiger partial charge in [0, 0.05) is 30.8 Å². The number of thioether (sulfide) groups is 1. The van der Waals surface area contributed by atoms with Crippen LogP contribution in [0.2, 0.25) is 0 Å². The van der Waals surface area contributed by atoms with Crippen molar-refractivity contribution in [1.29, 1.82) is 0 Å². The van der Waals surface area contributed by atoms with Gasteiger partial charge in [-0.25, -0.2) is 13.1 Å². The average molecular weight is 293 g/mol. The van der Waals surface area contributed by atoms with E-state index in [4.69, 9.17) is 0 Å². The molecule has 0 aromatic rings. The molecule has 2 aliphatic heterocycles. The van der Waals surface area contributed by atoms with Crippen LogP contribution in [-0.4, -0.2) is 62.3 Å². The van der Waals surface area contributed by atoms with Crippen LogP contribution >= 0.6 is 11.8 Å². The first-order valence-corrected chi connectivity index (χ1v) is 9.07. The molecule has 0 aromatic carbocycles. The van der Waals surface area contributed by atoms with Gasteiger partial charge in [0.1, 0.15) is 0 Å². The summed E-state index contributed by atoms with van der Waals surface area (Å²) in [4.78, 5) is 14.0. The topological polar surface area (TPSA) is 78.5 Å². The fraction of sp³-hybridized carbons (Fsp3) is 0.900. The van der Waals surface area contributed by atoms with Crippen LogP contribution in [-0.2, 0) is 14.8 Å². The highest BCUT2D eigenvalue weighted by Gasteiger charge is 2.31. The van der Waals surface area contributed by atoms with Crippen molar-refractivity contribution in [3.8, 4) is 0 Å². The highest BCUT2D eigenvalue weighted by molar-refractivity contribution is 7.99. The molecule has 104 valence electrons. The first-order chi connectivity index (χ1) is 8.46. The van der Waals surface area contributed by atoms with E-state index < -0.39 is 10.0 Å². The number of amides is 1. The second-order valence-electron chi connectivity index (χ2n) is 4.79. The summed E-state index contributed by atoms with van der Waals surface area (Å²) in [6, 6.07) is -0.251. The lowest BCUT2D eigenvalue weighted by molar-refractivity contribution is -0.133. The highest BCUT2D eigenvalue weighted by Crippen LogP contribution is 2.16. The molecule has 0 bridgehead atoms. The van der Waals surface area contributed by atoms with Crippen molar-refractivity contribution < 1.29 is 13.2 Å². The van der Waals surface area contributed by atoms with Gasteiger partial charge in [0.2, 0.25) is 15.9 Å². The van der Waals surface area contributed by atoms with Crippen molar-refractivity contribution in [3.05, 3.63) is 0 Å². The Balaban J connectivity index is 1.91. The molecule has 2 N–H and O–H groups in total. The Morgan fingerprint density at radius 3 is 2.89 bits per heavy atom. The molecule has 0 aliphatic carbocycles. The van der Waals surface area contributed by atoms with E-state index in [0.29, 0.717) is 6.54 Å². The molecule has 0 radical (unpaired) electrons. The highest BCUT2D eigenvalue weighted by atomic mass is 32.2. The summed E-state index contributed by atoms with van der Waals surface area (Å²) >= 11 is 1.72. The Morgan fingerprint density at radius 2 is 2.28 bits per heavy atom. The Labute approximate surface area is 112 Å². The summed E-state index contributed by atoms with van der Waals surface area (Å²) in [6.45, 7) is 1.21. The lowest BCUT2D eigenvalue weighted by Gasteiger charge is -2.34. The quantitative estimate of drug-likeness (QED) is 0.711. The van der Waals surface area contributed by atoms with Crippen LogP contribution in [0.1, 0.15) is 12.8 Å². The summed E-state index contributed by atoms with van der Waals surface area (Å²) in [5.41, 5.74) is 0. The van der Waals surface area contributed by atoms with Gasteiger partial charge >= 0.3 is 0 Å². The number of nitrogens with zero attached hydrogens (tertiary/aromatic N) is 1. The fourth-order valence-electron chi connectivity index (χ4n) is 2.35. The molecule has 2 atom stereocenters. The van der Waals surface area contributed by atoms with E-state index in [0.717, 1.165) is 37.3 Å². The van der Waals surface area contributed by atoms with E-state index in [-0.39, 0.29) is 18.0 Å². The standard InChI is InChI=1S/C10H19N3O3S2/c1-18(15,16)12-8-3-2-4-13(5-8)10(14)9-6-17-7-11-9/h8-9,11-12H,2-7H2,1H3/t8-,9+/m0/s1. The summed E-state index contributed by atoms with van der Waals surface area (Å²) < 4.78 is 25.0. The molecule has 18 heavy (non-hydrogen) atoms. The number of likely N-dealkylation sites (tertiary alicyclic amines) is 1. The Hall–Kier alpha value is -0.310. The summed E-state index contributed by atoms with van der Waals surface area (Å²) in [7, 11) is -3.20. The van der Waals surface area contributed by atoms with Gasteiger partial charge in [0.05, 0.1) is 12.3 Å². The third-order valence-electron chi connectivity index (χ3n) is 3.13. The lowest BCUT2D eigenvalue weighted by atomic mass is 10.1. The molecule has 8 heteroatoms. The maximum Gasteiger partial charge on any atom is 0.240 e. The number of carbonyl (C=O) groups excluding carboxylic acids is 1. The molecule has 2 aliphatic rings. The average Bonchev–Trinajstić information content (AvgIpc) is 2.79. The van der Waals surface area contributed by atoms with Gasteiger partial charge in [-0.1, -0.05) is 0 Å². The Morgan fingerprint density at radius 1 is 1.50 bits per heavy atom. The normalized spacial score (nSPS) is 29.5. The van der Waals surface area contributed by atoms with Crippen LogP contribution in [0.4, 0.5) is 0 Å². The molecule has 1 amide bonds. The summed E-state index contributed by atoms with van der Waals surface area (Å²) in [5.74, 6) is 1.72. The zero-order valence-corrected chi connectivity index (χ0v) is 12.0. The number of rotatable bonds is 3. The number of piperidine rings is 1. The van der Waals surface area contributed by atoms with Gasteiger partial charge in [0.25, 0.3) is 0 Å². The number of hydrogen-bond acceptors (Lipinski definition) is 5. The molecule has 0 aromatic heterocycles. The van der Waals surface area contributed by atoms with E-state index in [1.807, 2.05) is 0 Å². The third kappa shape index (κ3) is 3.84. The summed E-state index contributed by atoms with van der Waals surface area (Å²) in [6.07, 6.45) is 2.80. The number of nitrogens with one attached hydrogen (secondary N) is 2. The summed E-state index contributed by atoms with van der Waals surface area (Å²) in [5, 5.41) is 3.15. The van der Waals surface area contributed by atoms with Crippen molar-refractivity contribution >= 4 is 27.7 Å². The second kappa shape index (κ2) is 5.77. The molecule has 6 nitrogen and oxygen atoms in total. The molecule has 2 rings (SSSR count). The zero-order chi connectivity index (χ0) is 13.2. The minimum absolute atomic E-state index is 0.0972. The van der Waals surface area contributed by atoms with Crippen LogP contribution in [0.5, 0.6) is 0 Å². The molecule has 0 saturated carbocycles. The molecular formula is C10H19N3O3S2. The van der Waals surface area contributed by atoms with Crippen LogP contribution in [0, 0.1) is 0 Å². The number of carbonyl (C=O) groups is 1. The third-order valence-corrected chi connectivity index (χ3v) is 4.83. The van der Waals surface area contributed by atoms with E-state index in [2.05, 4.69) is 10.0 Å². The number of sulfonamides is 1. The molecule has 0 spiro atoms. The number of hydrogen-bond donors (Lipinski definition) is 2. The van der Waals surface area contributed by atoms with Gasteiger partial charge in [0.15, 0.2) is 0 Å². The van der Waals surface area contributed by atoms with Crippen molar-refractivity contribution in [2.45, 2.75) is 24.9 Å². The van der Waals surface area contributed by atoms with Crippen LogP contribution in [0.15, 0.2) is 0 Å². The van der Waals surface area contributed by atoms with Crippen molar-refractivity contribution in [1.82, 2.24) is 14.9 Å². The molecule has 2 saturated heterocycles. The lowest BCUT2D eigenvalue weighted by Crippen LogP contribution is -2.53. The molecule has 2 fully saturated rings. The minimum Gasteiger partial charge on any atom is -0.340 e. The van der Waals surface area contributed by atoms with Crippen molar-refractivity contribution in [2.24, 2.45) is 0 Å². The van der Waals surface area contributed by atoms with Gasteiger partial charge in [-0.2, -0.15) is 0 Å². The maximum atomic E-state index is 12.2. The zero-order valence-electron chi connectivity index (χ0n) is 10.4. The van der Waals surface area contributed by atoms with E-state index in [1.165, 1.54) is 0 Å². The monoisotopic (exact) mass is 293 g/mol. The second-order valence-corrected chi connectivity index (χ2v) is 7.60. The first-order valence-electron chi connectivity index (χ1n) is 6.03. The Kier molecular flexibility index (Phi) is 4.52. The fourth-order valence-corrected chi connectivity index (χ4v) is 4.08. The SMILES string of the molecule is CS(=O)(=O)N[C@H]1CCCN(C(=O)[C@H]2CSCN2)C1. The van der Waals surface area contributed by atoms with Crippen molar-refractivity contribution in [2.75, 3.05) is 31.0 Å². The Bertz CT molecular complexity index is 407.